The zero-order valence-electron chi connectivity index (χ0n) is 11.5. The molecule has 0 fully saturated rings. The smallest absolute Gasteiger partial charge is 0.270 e. The normalized spacial score (nSPS) is 11.7. The van der Waals surface area contributed by atoms with Crippen molar-refractivity contribution in [3.8, 4) is 6.07 Å². The number of aliphatic hydroxyl groups excluding tert-OH is 1. The molecule has 0 bridgehead atoms. The summed E-state index contributed by atoms with van der Waals surface area (Å²) in [6.07, 6.45) is 2.72. The fourth-order valence-electron chi connectivity index (χ4n) is 2.09. The monoisotopic (exact) mass is 277 g/mol. The van der Waals surface area contributed by atoms with Gasteiger partial charge in [0.1, 0.15) is 6.07 Å². The SMILES string of the molecule is CCCC(CCO)CNc1ccc([N+](=O)[O-])cc1C#N. The fraction of sp³-hybridized carbons (Fsp3) is 0.500. The van der Waals surface area contributed by atoms with E-state index in [1.165, 1.54) is 12.1 Å². The van der Waals surface area contributed by atoms with Gasteiger partial charge in [-0.1, -0.05) is 13.3 Å². The second kappa shape index (κ2) is 8.12. The van der Waals surface area contributed by atoms with Crippen molar-refractivity contribution in [2.45, 2.75) is 26.2 Å². The first-order valence-electron chi connectivity index (χ1n) is 6.65. The zero-order valence-corrected chi connectivity index (χ0v) is 11.5. The Hall–Kier alpha value is -2.13. The van der Waals surface area contributed by atoms with Crippen molar-refractivity contribution >= 4 is 11.4 Å². The van der Waals surface area contributed by atoms with E-state index < -0.39 is 4.92 Å². The third-order valence-electron chi connectivity index (χ3n) is 3.15. The quantitative estimate of drug-likeness (QED) is 0.562. The summed E-state index contributed by atoms with van der Waals surface area (Å²) in [6.45, 7) is 2.86. The molecule has 1 rings (SSSR count). The molecule has 0 heterocycles. The molecule has 1 aromatic rings. The van der Waals surface area contributed by atoms with Gasteiger partial charge in [-0.05, 0) is 24.8 Å². The lowest BCUT2D eigenvalue weighted by molar-refractivity contribution is -0.384. The Labute approximate surface area is 118 Å². The van der Waals surface area contributed by atoms with Crippen molar-refractivity contribution in [1.82, 2.24) is 0 Å². The molecule has 108 valence electrons. The van der Waals surface area contributed by atoms with Crippen LogP contribution in [-0.4, -0.2) is 23.2 Å². The zero-order chi connectivity index (χ0) is 15.0. The molecule has 0 spiro atoms. The highest BCUT2D eigenvalue weighted by Crippen LogP contribution is 2.22. The number of nitriles is 1. The van der Waals surface area contributed by atoms with Gasteiger partial charge in [-0.15, -0.1) is 0 Å². The van der Waals surface area contributed by atoms with Crippen molar-refractivity contribution in [3.63, 3.8) is 0 Å². The number of nitrogens with one attached hydrogen (secondary N) is 1. The third-order valence-corrected chi connectivity index (χ3v) is 3.15. The van der Waals surface area contributed by atoms with Gasteiger partial charge in [0.2, 0.25) is 0 Å². The molecule has 0 aliphatic carbocycles. The number of nitro benzene ring substituents is 1. The van der Waals surface area contributed by atoms with Crippen LogP contribution in [0, 0.1) is 27.4 Å². The molecule has 0 amide bonds. The Kier molecular flexibility index (Phi) is 6.47. The van der Waals surface area contributed by atoms with Gasteiger partial charge in [0.05, 0.1) is 16.2 Å². The second-order valence-corrected chi connectivity index (χ2v) is 4.65. The lowest BCUT2D eigenvalue weighted by atomic mass is 10.00. The van der Waals surface area contributed by atoms with Gasteiger partial charge in [0.15, 0.2) is 0 Å². The summed E-state index contributed by atoms with van der Waals surface area (Å²) in [4.78, 5) is 10.1. The maximum Gasteiger partial charge on any atom is 0.270 e. The molecule has 0 saturated carbocycles. The van der Waals surface area contributed by atoms with Crippen LogP contribution >= 0.6 is 0 Å². The largest absolute Gasteiger partial charge is 0.396 e. The first-order valence-corrected chi connectivity index (χ1v) is 6.65. The minimum atomic E-state index is -0.518. The highest BCUT2D eigenvalue weighted by atomic mass is 16.6. The summed E-state index contributed by atoms with van der Waals surface area (Å²) in [6, 6.07) is 6.16. The minimum absolute atomic E-state index is 0.0902. The number of nitro groups is 1. The summed E-state index contributed by atoms with van der Waals surface area (Å²) in [5, 5.41) is 31.9. The van der Waals surface area contributed by atoms with E-state index in [1.54, 1.807) is 6.07 Å². The van der Waals surface area contributed by atoms with E-state index in [0.717, 1.165) is 12.8 Å². The van der Waals surface area contributed by atoms with Crippen LogP contribution < -0.4 is 5.32 Å². The highest BCUT2D eigenvalue weighted by Gasteiger charge is 2.12. The van der Waals surface area contributed by atoms with Crippen LogP contribution in [0.2, 0.25) is 0 Å². The molecule has 0 radical (unpaired) electrons. The number of rotatable bonds is 8. The number of anilines is 1. The number of aliphatic hydroxyl groups is 1. The van der Waals surface area contributed by atoms with E-state index in [1.807, 2.05) is 6.07 Å². The predicted molar refractivity (Wildman–Crippen MR) is 76.4 cm³/mol. The second-order valence-electron chi connectivity index (χ2n) is 4.65. The first kappa shape index (κ1) is 15.9. The van der Waals surface area contributed by atoms with E-state index in [4.69, 9.17) is 10.4 Å². The molecule has 1 aromatic carbocycles. The lowest BCUT2D eigenvalue weighted by Gasteiger charge is -2.17. The van der Waals surface area contributed by atoms with E-state index >= 15 is 0 Å². The highest BCUT2D eigenvalue weighted by molar-refractivity contribution is 5.61. The standard InChI is InChI=1S/C14H19N3O3/c1-2-3-11(6-7-18)10-16-14-5-4-13(17(19)20)8-12(14)9-15/h4-5,8,11,16,18H,2-3,6-7,10H2,1H3. The Bertz CT molecular complexity index is 491. The van der Waals surface area contributed by atoms with Crippen LogP contribution in [0.3, 0.4) is 0 Å². The molecule has 2 N–H and O–H groups in total. The lowest BCUT2D eigenvalue weighted by Crippen LogP contribution is -2.16. The molecule has 0 saturated heterocycles. The number of hydrogen-bond acceptors (Lipinski definition) is 5. The molecule has 20 heavy (non-hydrogen) atoms. The third kappa shape index (κ3) is 4.52. The van der Waals surface area contributed by atoms with Crippen LogP contribution in [0.4, 0.5) is 11.4 Å². The van der Waals surface area contributed by atoms with Gasteiger partial charge in [0, 0.05) is 25.3 Å². The summed E-state index contributed by atoms with van der Waals surface area (Å²) in [5.41, 5.74) is 0.767. The molecule has 1 atom stereocenters. The number of nitrogens with zero attached hydrogens (tertiary/aromatic N) is 2. The number of non-ortho nitro benzene ring substituents is 1. The van der Waals surface area contributed by atoms with E-state index in [9.17, 15) is 10.1 Å². The molecule has 0 aliphatic heterocycles. The number of benzene rings is 1. The van der Waals surface area contributed by atoms with Crippen molar-refractivity contribution < 1.29 is 10.0 Å². The average molecular weight is 277 g/mol. The summed E-state index contributed by atoms with van der Waals surface area (Å²) in [7, 11) is 0. The fourth-order valence-corrected chi connectivity index (χ4v) is 2.09. The van der Waals surface area contributed by atoms with Gasteiger partial charge in [-0.2, -0.15) is 5.26 Å². The molecular formula is C14H19N3O3. The Morgan fingerprint density at radius 3 is 2.80 bits per heavy atom. The van der Waals surface area contributed by atoms with Crippen LogP contribution in [-0.2, 0) is 0 Å². The predicted octanol–water partition coefficient (Wildman–Crippen LogP) is 2.68. The molecule has 6 nitrogen and oxygen atoms in total. The van der Waals surface area contributed by atoms with Gasteiger partial charge >= 0.3 is 0 Å². The Morgan fingerprint density at radius 1 is 1.50 bits per heavy atom. The number of hydrogen-bond donors (Lipinski definition) is 2. The topological polar surface area (TPSA) is 99.2 Å². The average Bonchev–Trinajstić information content (AvgIpc) is 2.45. The minimum Gasteiger partial charge on any atom is -0.396 e. The van der Waals surface area contributed by atoms with Gasteiger partial charge in [-0.25, -0.2) is 0 Å². The summed E-state index contributed by atoms with van der Waals surface area (Å²) < 4.78 is 0. The first-order chi connectivity index (χ1) is 9.62. The van der Waals surface area contributed by atoms with Crippen LogP contribution in [0.15, 0.2) is 18.2 Å². The molecule has 6 heteroatoms. The van der Waals surface area contributed by atoms with E-state index in [0.29, 0.717) is 24.6 Å². The summed E-state index contributed by atoms with van der Waals surface area (Å²) in [5.74, 6) is 0.326. The van der Waals surface area contributed by atoms with Crippen molar-refractivity contribution in [2.75, 3.05) is 18.5 Å². The maximum atomic E-state index is 10.7. The Morgan fingerprint density at radius 2 is 2.25 bits per heavy atom. The van der Waals surface area contributed by atoms with Crippen LogP contribution in [0.5, 0.6) is 0 Å². The molecule has 0 aliphatic rings. The van der Waals surface area contributed by atoms with Crippen molar-refractivity contribution in [3.05, 3.63) is 33.9 Å². The molecule has 0 aromatic heterocycles. The van der Waals surface area contributed by atoms with E-state index in [2.05, 4.69) is 12.2 Å². The van der Waals surface area contributed by atoms with Crippen molar-refractivity contribution in [1.29, 1.82) is 5.26 Å². The maximum absolute atomic E-state index is 10.7. The molecular weight excluding hydrogens is 258 g/mol. The van der Waals surface area contributed by atoms with Gasteiger partial charge in [-0.3, -0.25) is 10.1 Å². The summed E-state index contributed by atoms with van der Waals surface area (Å²) >= 11 is 0. The van der Waals surface area contributed by atoms with Crippen LogP contribution in [0.25, 0.3) is 0 Å². The Balaban J connectivity index is 2.76. The molecule has 1 unspecified atom stereocenters. The van der Waals surface area contributed by atoms with E-state index in [-0.39, 0.29) is 17.9 Å². The van der Waals surface area contributed by atoms with Gasteiger partial charge in [0.25, 0.3) is 5.69 Å². The van der Waals surface area contributed by atoms with Crippen molar-refractivity contribution in [2.24, 2.45) is 5.92 Å². The van der Waals surface area contributed by atoms with Crippen LogP contribution in [0.1, 0.15) is 31.7 Å². The van der Waals surface area contributed by atoms with Gasteiger partial charge < -0.3 is 10.4 Å².